The molecule has 0 saturated carbocycles. The largest absolute Gasteiger partial charge is 0.337 e. The summed E-state index contributed by atoms with van der Waals surface area (Å²) in [7, 11) is 0. The van der Waals surface area contributed by atoms with E-state index in [1.807, 2.05) is 11.8 Å². The summed E-state index contributed by atoms with van der Waals surface area (Å²) in [5, 5.41) is 12.1. The average Bonchev–Trinajstić information content (AvgIpc) is 3.01. The Balaban J connectivity index is 1.77. The van der Waals surface area contributed by atoms with Gasteiger partial charge in [-0.1, -0.05) is 0 Å². The van der Waals surface area contributed by atoms with Gasteiger partial charge in [0.1, 0.15) is 11.8 Å². The first kappa shape index (κ1) is 15.6. The van der Waals surface area contributed by atoms with Gasteiger partial charge < -0.3 is 4.90 Å². The van der Waals surface area contributed by atoms with Crippen LogP contribution in [0.4, 0.5) is 0 Å². The van der Waals surface area contributed by atoms with Crippen molar-refractivity contribution >= 4 is 17.2 Å². The molecule has 3 heterocycles. The van der Waals surface area contributed by atoms with Crippen LogP contribution >= 0.6 is 11.3 Å². The molecule has 6 heteroatoms. The van der Waals surface area contributed by atoms with E-state index < -0.39 is 0 Å². The lowest BCUT2D eigenvalue weighted by molar-refractivity contribution is 0.0701. The summed E-state index contributed by atoms with van der Waals surface area (Å²) < 4.78 is 0. The number of aromatic nitrogens is 2. The molecule has 2 aromatic heterocycles. The number of hydrogen-bond donors (Lipinski definition) is 0. The van der Waals surface area contributed by atoms with E-state index in [2.05, 4.69) is 21.4 Å². The fourth-order valence-corrected chi connectivity index (χ4v) is 3.81. The number of thiazole rings is 1. The van der Waals surface area contributed by atoms with Crippen molar-refractivity contribution in [2.75, 3.05) is 13.1 Å². The van der Waals surface area contributed by atoms with Gasteiger partial charge in [-0.05, 0) is 38.8 Å². The lowest BCUT2D eigenvalue weighted by Crippen LogP contribution is -2.39. The molecule has 1 amide bonds. The summed E-state index contributed by atoms with van der Waals surface area (Å²) in [5.74, 6) is 0.251. The van der Waals surface area contributed by atoms with Gasteiger partial charge in [-0.2, -0.15) is 5.26 Å². The van der Waals surface area contributed by atoms with E-state index in [4.69, 9.17) is 5.26 Å². The van der Waals surface area contributed by atoms with Gasteiger partial charge in [0.2, 0.25) is 0 Å². The number of carbonyl (C=O) groups is 1. The van der Waals surface area contributed by atoms with Gasteiger partial charge in [-0.3, -0.25) is 4.79 Å². The summed E-state index contributed by atoms with van der Waals surface area (Å²) in [6.45, 7) is 5.19. The highest BCUT2D eigenvalue weighted by atomic mass is 32.1. The SMILES string of the molecule is Cc1csc([C@@H]2CCCN(C(=O)c3ccc(C#N)c(C)n3)C2)n1. The molecule has 1 saturated heterocycles. The van der Waals surface area contributed by atoms with Crippen LogP contribution in [0, 0.1) is 25.2 Å². The predicted octanol–water partition coefficient (Wildman–Crippen LogP) is 3.05. The molecule has 5 nitrogen and oxygen atoms in total. The first-order chi connectivity index (χ1) is 11.1. The third-order valence-electron chi connectivity index (χ3n) is 4.12. The number of pyridine rings is 1. The number of likely N-dealkylation sites (tertiary alicyclic amines) is 1. The number of nitriles is 1. The van der Waals surface area contributed by atoms with Crippen molar-refractivity contribution in [2.45, 2.75) is 32.6 Å². The van der Waals surface area contributed by atoms with E-state index in [1.54, 1.807) is 30.4 Å². The molecule has 1 atom stereocenters. The highest BCUT2D eigenvalue weighted by molar-refractivity contribution is 7.09. The van der Waals surface area contributed by atoms with Crippen LogP contribution < -0.4 is 0 Å². The Labute approximate surface area is 139 Å². The van der Waals surface area contributed by atoms with Gasteiger partial charge in [-0.15, -0.1) is 11.3 Å². The Morgan fingerprint density at radius 1 is 1.39 bits per heavy atom. The molecule has 3 rings (SSSR count). The van der Waals surface area contributed by atoms with Gasteiger partial charge in [0, 0.05) is 30.1 Å². The van der Waals surface area contributed by atoms with Crippen LogP contribution in [-0.2, 0) is 0 Å². The summed E-state index contributed by atoms with van der Waals surface area (Å²) in [5.41, 5.74) is 2.56. The number of hydrogen-bond acceptors (Lipinski definition) is 5. The van der Waals surface area contributed by atoms with Gasteiger partial charge in [-0.25, -0.2) is 9.97 Å². The van der Waals surface area contributed by atoms with Crippen molar-refractivity contribution in [1.29, 1.82) is 5.26 Å². The minimum Gasteiger partial charge on any atom is -0.337 e. The van der Waals surface area contributed by atoms with Crippen LogP contribution in [0.15, 0.2) is 17.5 Å². The van der Waals surface area contributed by atoms with Gasteiger partial charge in [0.05, 0.1) is 16.3 Å². The van der Waals surface area contributed by atoms with Crippen molar-refractivity contribution in [3.63, 3.8) is 0 Å². The second-order valence-corrected chi connectivity index (χ2v) is 6.75. The van der Waals surface area contributed by atoms with Crippen molar-refractivity contribution in [3.05, 3.63) is 45.2 Å². The maximum Gasteiger partial charge on any atom is 0.272 e. The third-order valence-corrected chi connectivity index (χ3v) is 5.25. The third kappa shape index (κ3) is 3.25. The molecule has 0 bridgehead atoms. The molecule has 0 unspecified atom stereocenters. The quantitative estimate of drug-likeness (QED) is 0.850. The van der Waals surface area contributed by atoms with E-state index in [9.17, 15) is 4.79 Å². The fourth-order valence-electron chi connectivity index (χ4n) is 2.88. The monoisotopic (exact) mass is 326 g/mol. The predicted molar refractivity (Wildman–Crippen MR) is 88.4 cm³/mol. The molecule has 0 radical (unpaired) electrons. The normalized spacial score (nSPS) is 17.8. The molecule has 23 heavy (non-hydrogen) atoms. The fraction of sp³-hybridized carbons (Fsp3) is 0.412. The molecule has 0 spiro atoms. The van der Waals surface area contributed by atoms with Crippen LogP contribution in [0.5, 0.6) is 0 Å². The highest BCUT2D eigenvalue weighted by Crippen LogP contribution is 2.29. The molecule has 1 fully saturated rings. The zero-order valence-corrected chi connectivity index (χ0v) is 14.1. The van der Waals surface area contributed by atoms with E-state index in [0.29, 0.717) is 29.4 Å². The molecule has 2 aromatic rings. The number of amides is 1. The Hall–Kier alpha value is -2.26. The topological polar surface area (TPSA) is 69.9 Å². The van der Waals surface area contributed by atoms with E-state index in [-0.39, 0.29) is 5.91 Å². The zero-order chi connectivity index (χ0) is 16.4. The van der Waals surface area contributed by atoms with Crippen molar-refractivity contribution in [3.8, 4) is 6.07 Å². The molecule has 0 N–H and O–H groups in total. The summed E-state index contributed by atoms with van der Waals surface area (Å²) in [4.78, 5) is 23.4. The lowest BCUT2D eigenvalue weighted by atomic mass is 9.98. The maximum absolute atomic E-state index is 12.7. The van der Waals surface area contributed by atoms with Crippen LogP contribution in [0.3, 0.4) is 0 Å². The van der Waals surface area contributed by atoms with Crippen molar-refractivity contribution in [1.82, 2.24) is 14.9 Å². The van der Waals surface area contributed by atoms with E-state index in [1.165, 1.54) is 0 Å². The van der Waals surface area contributed by atoms with E-state index >= 15 is 0 Å². The Kier molecular flexibility index (Phi) is 4.39. The molecule has 0 aliphatic carbocycles. The number of nitrogens with zero attached hydrogens (tertiary/aromatic N) is 4. The second-order valence-electron chi connectivity index (χ2n) is 5.86. The molecular weight excluding hydrogens is 308 g/mol. The smallest absolute Gasteiger partial charge is 0.272 e. The summed E-state index contributed by atoms with van der Waals surface area (Å²) in [6.07, 6.45) is 2.04. The molecule has 118 valence electrons. The first-order valence-corrected chi connectivity index (χ1v) is 8.55. The van der Waals surface area contributed by atoms with Gasteiger partial charge in [0.25, 0.3) is 5.91 Å². The van der Waals surface area contributed by atoms with Crippen LogP contribution in [-0.4, -0.2) is 33.9 Å². The standard InChI is InChI=1S/C17H18N4OS/c1-11-10-23-16(19-11)14-4-3-7-21(9-14)17(22)15-6-5-13(8-18)12(2)20-15/h5-6,10,14H,3-4,7,9H2,1-2H3/t14-/m1/s1. The number of rotatable bonds is 2. The van der Waals surface area contributed by atoms with Crippen LogP contribution in [0.1, 0.15) is 51.2 Å². The first-order valence-electron chi connectivity index (χ1n) is 7.67. The minimum absolute atomic E-state index is 0.0597. The van der Waals surface area contributed by atoms with Crippen molar-refractivity contribution in [2.24, 2.45) is 0 Å². The van der Waals surface area contributed by atoms with Crippen molar-refractivity contribution < 1.29 is 4.79 Å². The Morgan fingerprint density at radius 3 is 2.87 bits per heavy atom. The molecule has 0 aromatic carbocycles. The second kappa shape index (κ2) is 6.47. The van der Waals surface area contributed by atoms with Gasteiger partial charge >= 0.3 is 0 Å². The Bertz CT molecular complexity index is 777. The molecule has 1 aliphatic rings. The zero-order valence-electron chi connectivity index (χ0n) is 13.2. The van der Waals surface area contributed by atoms with E-state index in [0.717, 1.165) is 30.1 Å². The van der Waals surface area contributed by atoms with Crippen LogP contribution in [0.25, 0.3) is 0 Å². The van der Waals surface area contributed by atoms with Gasteiger partial charge in [0.15, 0.2) is 0 Å². The summed E-state index contributed by atoms with van der Waals surface area (Å²) in [6, 6.07) is 5.39. The highest BCUT2D eigenvalue weighted by Gasteiger charge is 2.27. The lowest BCUT2D eigenvalue weighted by Gasteiger charge is -2.31. The average molecular weight is 326 g/mol. The Morgan fingerprint density at radius 2 is 2.22 bits per heavy atom. The maximum atomic E-state index is 12.7. The summed E-state index contributed by atoms with van der Waals surface area (Å²) >= 11 is 1.67. The molecule has 1 aliphatic heterocycles. The number of carbonyl (C=O) groups excluding carboxylic acids is 1. The molecular formula is C17H18N4OS. The minimum atomic E-state index is -0.0597. The van der Waals surface area contributed by atoms with Crippen LogP contribution in [0.2, 0.25) is 0 Å². The number of aryl methyl sites for hydroxylation is 2. The number of piperidine rings is 1.